The molecule has 0 aliphatic rings. The van der Waals surface area contributed by atoms with Crippen molar-refractivity contribution in [3.05, 3.63) is 60.7 Å². The minimum absolute atomic E-state index is 0.00463. The number of benzene rings is 2. The fourth-order valence-corrected chi connectivity index (χ4v) is 1.49. The van der Waals surface area contributed by atoms with Crippen LogP contribution in [0, 0.1) is 0 Å². The lowest BCUT2D eigenvalue weighted by atomic mass is 10.3. The number of aldehydes is 1. The van der Waals surface area contributed by atoms with Crippen LogP contribution >= 0.6 is 0 Å². The van der Waals surface area contributed by atoms with Crippen LogP contribution < -0.4 is 20.1 Å². The van der Waals surface area contributed by atoms with Crippen molar-refractivity contribution in [2.75, 3.05) is 14.1 Å². The molecule has 9 nitrogen and oxygen atoms in total. The van der Waals surface area contributed by atoms with Crippen LogP contribution in [0.25, 0.3) is 0 Å². The van der Waals surface area contributed by atoms with Gasteiger partial charge in [0.05, 0.1) is 0 Å². The summed E-state index contributed by atoms with van der Waals surface area (Å²) < 4.78 is 9.97. The first-order valence-electron chi connectivity index (χ1n) is 8.69. The highest BCUT2D eigenvalue weighted by molar-refractivity contribution is 6.23. The molecule has 0 spiro atoms. The Bertz CT molecular complexity index is 757. The number of ether oxygens (including phenoxy) is 2. The summed E-state index contributed by atoms with van der Waals surface area (Å²) in [5.74, 6) is -1.07. The van der Waals surface area contributed by atoms with Crippen molar-refractivity contribution in [2.45, 2.75) is 13.3 Å². The van der Waals surface area contributed by atoms with E-state index in [4.69, 9.17) is 9.47 Å². The zero-order valence-electron chi connectivity index (χ0n) is 16.9. The number of esters is 2. The number of rotatable bonds is 5. The number of amides is 2. The Morgan fingerprint density at radius 3 is 1.37 bits per heavy atom. The molecule has 0 saturated heterocycles. The van der Waals surface area contributed by atoms with Crippen LogP contribution in [0.4, 0.5) is 0 Å². The molecule has 0 heterocycles. The van der Waals surface area contributed by atoms with E-state index >= 15 is 0 Å². The Hall–Kier alpha value is -4.01. The van der Waals surface area contributed by atoms with Crippen molar-refractivity contribution >= 4 is 30.0 Å². The van der Waals surface area contributed by atoms with E-state index in [-0.39, 0.29) is 12.2 Å². The van der Waals surface area contributed by atoms with Gasteiger partial charge in [-0.2, -0.15) is 0 Å². The fraction of sp³-hybridized carbons (Fsp3) is 0.190. The average molecular weight is 416 g/mol. The SMILES string of the molecule is CNC(=O)C=O.CNC(C)=O.O=C(CC(=O)Oc1ccccc1)Oc1ccccc1. The van der Waals surface area contributed by atoms with Crippen LogP contribution in [0.3, 0.4) is 0 Å². The second-order valence-corrected chi connectivity index (χ2v) is 5.29. The van der Waals surface area contributed by atoms with E-state index in [1.807, 2.05) is 0 Å². The van der Waals surface area contributed by atoms with E-state index in [1.54, 1.807) is 67.7 Å². The summed E-state index contributed by atoms with van der Waals surface area (Å²) in [6, 6.07) is 17.1. The summed E-state index contributed by atoms with van der Waals surface area (Å²) in [6.45, 7) is 1.47. The van der Waals surface area contributed by atoms with E-state index < -0.39 is 24.3 Å². The van der Waals surface area contributed by atoms with Gasteiger partial charge in [-0.25, -0.2) is 0 Å². The first kappa shape index (κ1) is 26.0. The minimum atomic E-state index is -0.646. The normalized spacial score (nSPS) is 8.63. The Kier molecular flexibility index (Phi) is 13.9. The monoisotopic (exact) mass is 416 g/mol. The molecule has 2 aromatic rings. The molecule has 160 valence electrons. The Labute approximate surface area is 174 Å². The Balaban J connectivity index is 0.000000634. The average Bonchev–Trinajstić information content (AvgIpc) is 2.75. The third kappa shape index (κ3) is 14.1. The molecule has 0 fully saturated rings. The third-order valence-corrected chi connectivity index (χ3v) is 2.94. The zero-order chi connectivity index (χ0) is 22.8. The van der Waals surface area contributed by atoms with Crippen molar-refractivity contribution in [2.24, 2.45) is 0 Å². The number of hydrogen-bond acceptors (Lipinski definition) is 7. The van der Waals surface area contributed by atoms with Crippen LogP contribution in [0.2, 0.25) is 0 Å². The Morgan fingerprint density at radius 2 is 1.13 bits per heavy atom. The fourth-order valence-electron chi connectivity index (χ4n) is 1.49. The van der Waals surface area contributed by atoms with Gasteiger partial charge >= 0.3 is 11.9 Å². The minimum Gasteiger partial charge on any atom is -0.426 e. The van der Waals surface area contributed by atoms with Gasteiger partial charge in [-0.3, -0.25) is 24.0 Å². The number of carbonyl (C=O) groups excluding carboxylic acids is 5. The van der Waals surface area contributed by atoms with Crippen LogP contribution in [-0.4, -0.2) is 44.1 Å². The molecular formula is C21H24N2O7. The first-order valence-corrected chi connectivity index (χ1v) is 8.69. The lowest BCUT2D eigenvalue weighted by Crippen LogP contribution is -2.18. The van der Waals surface area contributed by atoms with E-state index in [1.165, 1.54) is 14.0 Å². The summed E-state index contributed by atoms with van der Waals surface area (Å²) >= 11 is 0. The number of hydrogen-bond donors (Lipinski definition) is 2. The molecule has 0 aliphatic carbocycles. The van der Waals surface area contributed by atoms with E-state index in [0.29, 0.717) is 11.5 Å². The van der Waals surface area contributed by atoms with Crippen LogP contribution in [0.5, 0.6) is 11.5 Å². The maximum Gasteiger partial charge on any atom is 0.322 e. The standard InChI is InChI=1S/C15H12O4.C3H5NO2.C3H7NO/c16-14(18-12-7-3-1-4-8-12)11-15(17)19-13-9-5-2-6-10-13;1-4-3(6)2-5;1-3(5)4-2/h1-10H,11H2;2H,1H3,(H,4,6);1-2H3,(H,4,5). The van der Waals surface area contributed by atoms with Crippen molar-refractivity contribution in [1.82, 2.24) is 10.6 Å². The molecule has 9 heteroatoms. The number of para-hydroxylation sites is 2. The van der Waals surface area contributed by atoms with Gasteiger partial charge in [-0.1, -0.05) is 36.4 Å². The molecule has 0 radical (unpaired) electrons. The lowest BCUT2D eigenvalue weighted by molar-refractivity contribution is -0.144. The maximum absolute atomic E-state index is 11.5. The van der Waals surface area contributed by atoms with Crippen molar-refractivity contribution < 1.29 is 33.4 Å². The highest BCUT2D eigenvalue weighted by Gasteiger charge is 2.13. The van der Waals surface area contributed by atoms with Crippen LogP contribution in [0.15, 0.2) is 60.7 Å². The topological polar surface area (TPSA) is 128 Å². The summed E-state index contributed by atoms with van der Waals surface area (Å²) in [5.41, 5.74) is 0. The molecule has 0 bridgehead atoms. The third-order valence-electron chi connectivity index (χ3n) is 2.94. The second kappa shape index (κ2) is 16.0. The summed E-state index contributed by atoms with van der Waals surface area (Å²) in [5, 5.41) is 4.50. The van der Waals surface area contributed by atoms with Crippen molar-refractivity contribution in [1.29, 1.82) is 0 Å². The largest absolute Gasteiger partial charge is 0.426 e. The van der Waals surface area contributed by atoms with Gasteiger partial charge in [0.1, 0.15) is 17.9 Å². The van der Waals surface area contributed by atoms with Gasteiger partial charge in [0.15, 0.2) is 0 Å². The summed E-state index contributed by atoms with van der Waals surface area (Å²) in [7, 11) is 3.00. The summed E-state index contributed by atoms with van der Waals surface area (Å²) in [4.78, 5) is 51.7. The van der Waals surface area contributed by atoms with Gasteiger partial charge in [-0.05, 0) is 24.3 Å². The predicted molar refractivity (Wildman–Crippen MR) is 109 cm³/mol. The van der Waals surface area contributed by atoms with Gasteiger partial charge in [0.25, 0.3) is 5.91 Å². The van der Waals surface area contributed by atoms with Crippen molar-refractivity contribution in [3.63, 3.8) is 0 Å². The molecule has 2 rings (SSSR count). The lowest BCUT2D eigenvalue weighted by Gasteiger charge is -2.04. The Morgan fingerprint density at radius 1 is 0.767 bits per heavy atom. The molecular weight excluding hydrogens is 392 g/mol. The van der Waals surface area contributed by atoms with Gasteiger partial charge in [0, 0.05) is 21.0 Å². The second-order valence-electron chi connectivity index (χ2n) is 5.29. The smallest absolute Gasteiger partial charge is 0.322 e. The van der Waals surface area contributed by atoms with Crippen molar-refractivity contribution in [3.8, 4) is 11.5 Å². The van der Waals surface area contributed by atoms with Crippen LogP contribution in [-0.2, 0) is 24.0 Å². The molecule has 0 aromatic heterocycles. The first-order chi connectivity index (χ1) is 14.3. The molecule has 2 amide bonds. The van der Waals surface area contributed by atoms with E-state index in [2.05, 4.69) is 10.6 Å². The number of carbonyl (C=O) groups is 5. The maximum atomic E-state index is 11.5. The van der Waals surface area contributed by atoms with E-state index in [9.17, 15) is 24.0 Å². The highest BCUT2D eigenvalue weighted by atomic mass is 16.6. The quantitative estimate of drug-likeness (QED) is 0.247. The van der Waals surface area contributed by atoms with Gasteiger partial charge in [-0.15, -0.1) is 0 Å². The van der Waals surface area contributed by atoms with Gasteiger partial charge < -0.3 is 20.1 Å². The van der Waals surface area contributed by atoms with Crippen LogP contribution in [0.1, 0.15) is 13.3 Å². The molecule has 0 aliphatic heterocycles. The molecule has 0 saturated carbocycles. The molecule has 2 N–H and O–H groups in total. The number of likely N-dealkylation sites (N-methyl/N-ethyl adjacent to an activating group) is 1. The van der Waals surface area contributed by atoms with E-state index in [0.717, 1.165) is 0 Å². The number of nitrogens with one attached hydrogen (secondary N) is 2. The van der Waals surface area contributed by atoms with Gasteiger partial charge in [0.2, 0.25) is 12.2 Å². The molecule has 0 atom stereocenters. The zero-order valence-corrected chi connectivity index (χ0v) is 16.9. The molecule has 2 aromatic carbocycles. The highest BCUT2D eigenvalue weighted by Crippen LogP contribution is 2.11. The predicted octanol–water partition coefficient (Wildman–Crippen LogP) is 1.27. The molecule has 30 heavy (non-hydrogen) atoms. The molecule has 0 unspecified atom stereocenters. The summed E-state index contributed by atoms with van der Waals surface area (Å²) in [6.07, 6.45) is -0.205.